The lowest BCUT2D eigenvalue weighted by atomic mass is 10.1. The highest BCUT2D eigenvalue weighted by molar-refractivity contribution is 6.35. The van der Waals surface area contributed by atoms with E-state index in [2.05, 4.69) is 28.1 Å². The van der Waals surface area contributed by atoms with Crippen molar-refractivity contribution in [1.29, 1.82) is 0 Å². The van der Waals surface area contributed by atoms with Crippen molar-refractivity contribution in [2.75, 3.05) is 19.0 Å². The van der Waals surface area contributed by atoms with Crippen LogP contribution >= 0.6 is 11.6 Å². The highest BCUT2D eigenvalue weighted by atomic mass is 35.5. The normalized spacial score (nSPS) is 10.4. The topological polar surface area (TPSA) is 109 Å². The number of anilines is 1. The van der Waals surface area contributed by atoms with Crippen molar-refractivity contribution in [3.05, 3.63) is 58.6 Å². The summed E-state index contributed by atoms with van der Waals surface area (Å²) >= 11 is 6.15. The van der Waals surface area contributed by atoms with Gasteiger partial charge in [0.05, 0.1) is 11.2 Å². The molecule has 2 aromatic rings. The lowest BCUT2D eigenvalue weighted by molar-refractivity contribution is -0.138. The molecule has 9 heteroatoms. The maximum absolute atomic E-state index is 12.0. The summed E-state index contributed by atoms with van der Waals surface area (Å²) in [7, 11) is 1.34. The average Bonchev–Trinajstić information content (AvgIpc) is 2.73. The van der Waals surface area contributed by atoms with Crippen LogP contribution in [0.15, 0.2) is 47.6 Å². The van der Waals surface area contributed by atoms with Crippen LogP contribution in [0.3, 0.4) is 0 Å². The second-order valence-corrected chi connectivity index (χ2v) is 6.26. The highest BCUT2D eigenvalue weighted by Gasteiger charge is 2.09. The summed E-state index contributed by atoms with van der Waals surface area (Å²) in [6.07, 6.45) is 2.25. The molecule has 0 bridgehead atoms. The number of benzene rings is 2. The smallest absolute Gasteiger partial charge is 0.329 e. The number of likely N-dealkylation sites (N-methyl/N-ethyl adjacent to an activating group) is 1. The molecule has 0 heterocycles. The molecule has 2 aromatic carbocycles. The van der Waals surface area contributed by atoms with Crippen LogP contribution in [-0.2, 0) is 20.8 Å². The Kier molecular flexibility index (Phi) is 8.17. The first-order valence-electron chi connectivity index (χ1n) is 8.79. The molecule has 0 fully saturated rings. The molecule has 0 atom stereocenters. The van der Waals surface area contributed by atoms with Gasteiger partial charge in [-0.05, 0) is 47.9 Å². The Labute approximate surface area is 173 Å². The van der Waals surface area contributed by atoms with Gasteiger partial charge >= 0.3 is 11.8 Å². The number of carbonyl (C=O) groups is 3. The number of ether oxygens (including phenoxy) is 1. The van der Waals surface area contributed by atoms with Crippen LogP contribution in [0, 0.1) is 0 Å². The summed E-state index contributed by atoms with van der Waals surface area (Å²) in [5.74, 6) is -1.67. The zero-order valence-electron chi connectivity index (χ0n) is 16.0. The van der Waals surface area contributed by atoms with E-state index in [4.69, 9.17) is 16.3 Å². The fraction of sp³-hybridized carbons (Fsp3) is 0.200. The van der Waals surface area contributed by atoms with Crippen LogP contribution in [0.5, 0.6) is 5.75 Å². The number of hydrazone groups is 1. The van der Waals surface area contributed by atoms with E-state index < -0.39 is 11.8 Å². The highest BCUT2D eigenvalue weighted by Crippen LogP contribution is 2.25. The summed E-state index contributed by atoms with van der Waals surface area (Å²) < 4.78 is 5.45. The zero-order chi connectivity index (χ0) is 21.2. The van der Waals surface area contributed by atoms with Gasteiger partial charge in [0.1, 0.15) is 5.75 Å². The van der Waals surface area contributed by atoms with E-state index in [-0.39, 0.29) is 17.5 Å². The fourth-order valence-electron chi connectivity index (χ4n) is 2.21. The van der Waals surface area contributed by atoms with E-state index in [1.54, 1.807) is 18.2 Å². The van der Waals surface area contributed by atoms with E-state index in [1.807, 2.05) is 24.3 Å². The number of nitrogens with zero attached hydrogens (tertiary/aromatic N) is 1. The molecule has 0 saturated carbocycles. The van der Waals surface area contributed by atoms with Crippen LogP contribution in [0.2, 0.25) is 5.02 Å². The van der Waals surface area contributed by atoms with Gasteiger partial charge in [0.25, 0.3) is 5.91 Å². The van der Waals surface area contributed by atoms with Gasteiger partial charge in [0.2, 0.25) is 0 Å². The number of amides is 3. The minimum atomic E-state index is -0.884. The monoisotopic (exact) mass is 416 g/mol. The van der Waals surface area contributed by atoms with Crippen molar-refractivity contribution in [3.8, 4) is 5.75 Å². The second-order valence-electron chi connectivity index (χ2n) is 5.86. The Bertz CT molecular complexity index is 913. The molecule has 8 nitrogen and oxygen atoms in total. The molecule has 0 saturated heterocycles. The molecule has 2 rings (SSSR count). The molecule has 0 aliphatic heterocycles. The van der Waals surface area contributed by atoms with Gasteiger partial charge < -0.3 is 15.4 Å². The quantitative estimate of drug-likeness (QED) is 0.365. The van der Waals surface area contributed by atoms with Crippen molar-refractivity contribution >= 4 is 41.2 Å². The number of rotatable bonds is 7. The molecule has 29 heavy (non-hydrogen) atoms. The summed E-state index contributed by atoms with van der Waals surface area (Å²) in [4.78, 5) is 34.4. The van der Waals surface area contributed by atoms with E-state index in [9.17, 15) is 14.4 Å². The number of nitrogens with one attached hydrogen (secondary N) is 3. The first-order chi connectivity index (χ1) is 13.9. The minimum Gasteiger partial charge on any atom is -0.482 e. The first kappa shape index (κ1) is 21.9. The predicted octanol–water partition coefficient (Wildman–Crippen LogP) is 2.12. The van der Waals surface area contributed by atoms with Crippen LogP contribution in [0.4, 0.5) is 5.69 Å². The number of carbonyl (C=O) groups excluding carboxylic acids is 3. The predicted molar refractivity (Wildman–Crippen MR) is 111 cm³/mol. The minimum absolute atomic E-state index is 0.204. The first-order valence-corrected chi connectivity index (χ1v) is 9.17. The van der Waals surface area contributed by atoms with Crippen molar-refractivity contribution in [3.63, 3.8) is 0 Å². The van der Waals surface area contributed by atoms with Crippen molar-refractivity contribution in [2.24, 2.45) is 5.10 Å². The van der Waals surface area contributed by atoms with Gasteiger partial charge in [-0.15, -0.1) is 0 Å². The fourth-order valence-corrected chi connectivity index (χ4v) is 2.45. The van der Waals surface area contributed by atoms with Gasteiger partial charge in [-0.1, -0.05) is 30.7 Å². The molecule has 0 aromatic heterocycles. The summed E-state index contributed by atoms with van der Waals surface area (Å²) in [5.41, 5.74) is 4.52. The van der Waals surface area contributed by atoms with Crippen molar-refractivity contribution in [2.45, 2.75) is 13.3 Å². The number of hydrogen-bond donors (Lipinski definition) is 3. The maximum atomic E-state index is 12.0. The van der Waals surface area contributed by atoms with Gasteiger partial charge in [0.15, 0.2) is 6.61 Å². The Morgan fingerprint density at radius 2 is 1.83 bits per heavy atom. The maximum Gasteiger partial charge on any atom is 0.329 e. The van der Waals surface area contributed by atoms with Gasteiger partial charge in [-0.25, -0.2) is 5.43 Å². The molecule has 3 N–H and O–H groups in total. The molecule has 0 spiro atoms. The van der Waals surface area contributed by atoms with Crippen LogP contribution < -0.4 is 20.8 Å². The number of hydrogen-bond acceptors (Lipinski definition) is 5. The zero-order valence-corrected chi connectivity index (χ0v) is 16.7. The molecular formula is C20H21ClN4O4. The largest absolute Gasteiger partial charge is 0.482 e. The van der Waals surface area contributed by atoms with Crippen LogP contribution in [0.1, 0.15) is 18.1 Å². The van der Waals surface area contributed by atoms with E-state index in [0.717, 1.165) is 6.42 Å². The standard InChI is InChI=1S/C20H21ClN4O4/c1-3-13-4-7-15(8-5-13)24-18(26)12-29-17-9-6-14(10-16(17)21)11-23-25-20(28)19(27)22-2/h4-11H,3,12H2,1-2H3,(H,22,27)(H,24,26)(H,25,28)/b23-11-. The van der Waals surface area contributed by atoms with Gasteiger partial charge in [0, 0.05) is 12.7 Å². The summed E-state index contributed by atoms with van der Waals surface area (Å²) in [5, 5.41) is 8.86. The summed E-state index contributed by atoms with van der Waals surface area (Å²) in [6, 6.07) is 12.3. The molecule has 0 radical (unpaired) electrons. The molecule has 152 valence electrons. The Morgan fingerprint density at radius 1 is 1.10 bits per heavy atom. The number of aryl methyl sites for hydroxylation is 1. The molecular weight excluding hydrogens is 396 g/mol. The van der Waals surface area contributed by atoms with Crippen LogP contribution in [-0.4, -0.2) is 37.6 Å². The lowest BCUT2D eigenvalue weighted by Gasteiger charge is -2.09. The number of halogens is 1. The third-order valence-corrected chi connectivity index (χ3v) is 4.07. The Morgan fingerprint density at radius 3 is 2.45 bits per heavy atom. The SMILES string of the molecule is CCc1ccc(NC(=O)COc2ccc(/C=N\NC(=O)C(=O)NC)cc2Cl)cc1. The van der Waals surface area contributed by atoms with Crippen molar-refractivity contribution < 1.29 is 19.1 Å². The van der Waals surface area contributed by atoms with E-state index in [0.29, 0.717) is 17.0 Å². The summed E-state index contributed by atoms with van der Waals surface area (Å²) in [6.45, 7) is 1.86. The van der Waals surface area contributed by atoms with Crippen LogP contribution in [0.25, 0.3) is 0 Å². The molecule has 0 aliphatic carbocycles. The Balaban J connectivity index is 1.87. The van der Waals surface area contributed by atoms with Crippen molar-refractivity contribution in [1.82, 2.24) is 10.7 Å². The second kappa shape index (κ2) is 10.8. The Hall–Kier alpha value is -3.39. The van der Waals surface area contributed by atoms with Gasteiger partial charge in [-0.2, -0.15) is 5.10 Å². The molecule has 0 unspecified atom stereocenters. The average molecular weight is 417 g/mol. The molecule has 3 amide bonds. The van der Waals surface area contributed by atoms with E-state index in [1.165, 1.54) is 18.8 Å². The van der Waals surface area contributed by atoms with Gasteiger partial charge in [-0.3, -0.25) is 14.4 Å². The molecule has 0 aliphatic rings. The lowest BCUT2D eigenvalue weighted by Crippen LogP contribution is -2.35. The third-order valence-electron chi connectivity index (χ3n) is 3.77. The van der Waals surface area contributed by atoms with E-state index >= 15 is 0 Å². The third kappa shape index (κ3) is 6.93.